The van der Waals surface area contributed by atoms with Crippen molar-refractivity contribution < 1.29 is 0 Å². The largest absolute Gasteiger partial charge is 0.373 e. The van der Waals surface area contributed by atoms with Crippen molar-refractivity contribution in [3.05, 3.63) is 39.7 Å². The Balaban J connectivity index is 1.41. The molecule has 0 spiro atoms. The molecular formula is C17H22N6O. The molecule has 2 heterocycles. The first-order chi connectivity index (χ1) is 11.6. The third kappa shape index (κ3) is 3.11. The smallest absolute Gasteiger partial charge is 0.251 e. The second kappa shape index (κ2) is 5.89. The molecule has 2 aromatic rings. The Morgan fingerprint density at radius 1 is 1.12 bits per heavy atom. The Kier molecular flexibility index (Phi) is 3.70. The number of aromatic amines is 1. The summed E-state index contributed by atoms with van der Waals surface area (Å²) in [5.74, 6) is 3.14. The van der Waals surface area contributed by atoms with Crippen molar-refractivity contribution in [2.75, 3.05) is 17.7 Å². The average Bonchev–Trinajstić information content (AvgIpc) is 3.34. The summed E-state index contributed by atoms with van der Waals surface area (Å²) >= 11 is 0. The van der Waals surface area contributed by atoms with E-state index in [9.17, 15) is 4.79 Å². The molecule has 2 saturated carbocycles. The van der Waals surface area contributed by atoms with Crippen molar-refractivity contribution in [1.82, 2.24) is 19.9 Å². The van der Waals surface area contributed by atoms with E-state index in [0.717, 1.165) is 48.7 Å². The Hall–Kier alpha value is -2.44. The number of aromatic nitrogens is 4. The first kappa shape index (κ1) is 15.1. The molecule has 0 bridgehead atoms. The predicted octanol–water partition coefficient (Wildman–Crippen LogP) is 2.15. The van der Waals surface area contributed by atoms with E-state index >= 15 is 0 Å². The molecule has 0 aliphatic heterocycles. The first-order valence-corrected chi connectivity index (χ1v) is 8.52. The van der Waals surface area contributed by atoms with E-state index in [1.54, 1.807) is 6.07 Å². The molecule has 7 heteroatoms. The number of nitrogens with one attached hydrogen (secondary N) is 3. The zero-order valence-electron chi connectivity index (χ0n) is 14.0. The minimum absolute atomic E-state index is 0.0287. The third-order valence-corrected chi connectivity index (χ3v) is 4.74. The fourth-order valence-corrected chi connectivity index (χ4v) is 3.18. The van der Waals surface area contributed by atoms with E-state index in [1.165, 1.54) is 0 Å². The fourth-order valence-electron chi connectivity index (χ4n) is 3.18. The van der Waals surface area contributed by atoms with Crippen molar-refractivity contribution in [3.63, 3.8) is 0 Å². The van der Waals surface area contributed by atoms with Crippen LogP contribution >= 0.6 is 0 Å². The molecular weight excluding hydrogens is 304 g/mol. The topological polar surface area (TPSA) is 95.6 Å². The van der Waals surface area contributed by atoms with Crippen molar-refractivity contribution in [2.24, 2.45) is 0 Å². The number of nitrogens with zero attached hydrogens (tertiary/aromatic N) is 3. The average molecular weight is 326 g/mol. The molecule has 2 aliphatic rings. The van der Waals surface area contributed by atoms with Gasteiger partial charge in [0.2, 0.25) is 5.95 Å². The van der Waals surface area contributed by atoms with Gasteiger partial charge in [0.15, 0.2) is 0 Å². The Morgan fingerprint density at radius 2 is 1.92 bits per heavy atom. The lowest BCUT2D eigenvalue weighted by molar-refractivity contribution is 0.364. The zero-order chi connectivity index (χ0) is 16.7. The number of rotatable bonds is 5. The number of hydrogen-bond acceptors (Lipinski definition) is 6. The molecule has 4 rings (SSSR count). The Morgan fingerprint density at radius 3 is 2.62 bits per heavy atom. The maximum absolute atomic E-state index is 11.8. The van der Waals surface area contributed by atoms with Crippen LogP contribution in [0, 0.1) is 6.92 Å². The minimum Gasteiger partial charge on any atom is -0.373 e. The molecule has 24 heavy (non-hydrogen) atoms. The highest BCUT2D eigenvalue weighted by molar-refractivity contribution is 5.42. The first-order valence-electron chi connectivity index (χ1n) is 8.52. The molecule has 0 radical (unpaired) electrons. The van der Waals surface area contributed by atoms with E-state index in [-0.39, 0.29) is 5.56 Å². The van der Waals surface area contributed by atoms with Crippen molar-refractivity contribution in [1.29, 1.82) is 0 Å². The van der Waals surface area contributed by atoms with Crippen molar-refractivity contribution in [2.45, 2.75) is 50.5 Å². The molecule has 0 saturated heterocycles. The summed E-state index contributed by atoms with van der Waals surface area (Å²) < 4.78 is 0. The zero-order valence-corrected chi connectivity index (χ0v) is 14.0. The quantitative estimate of drug-likeness (QED) is 0.779. The highest BCUT2D eigenvalue weighted by atomic mass is 16.1. The summed E-state index contributed by atoms with van der Waals surface area (Å²) in [7, 11) is 1.85. The van der Waals surface area contributed by atoms with E-state index in [2.05, 4.69) is 30.6 Å². The van der Waals surface area contributed by atoms with Crippen LogP contribution in [0.4, 0.5) is 11.8 Å². The lowest BCUT2D eigenvalue weighted by Gasteiger charge is -2.35. The third-order valence-electron chi connectivity index (χ3n) is 4.74. The summed E-state index contributed by atoms with van der Waals surface area (Å²) in [6, 6.07) is 3.88. The van der Waals surface area contributed by atoms with Gasteiger partial charge in [0.25, 0.3) is 5.56 Å². The molecule has 7 nitrogen and oxygen atoms in total. The molecule has 0 atom stereocenters. The molecule has 3 N–H and O–H groups in total. The highest BCUT2D eigenvalue weighted by Crippen LogP contribution is 2.40. The number of anilines is 2. The van der Waals surface area contributed by atoms with Gasteiger partial charge in [0.05, 0.1) is 5.69 Å². The van der Waals surface area contributed by atoms with Gasteiger partial charge < -0.3 is 15.6 Å². The van der Waals surface area contributed by atoms with Gasteiger partial charge in [-0.2, -0.15) is 4.98 Å². The molecule has 2 aliphatic carbocycles. The predicted molar refractivity (Wildman–Crippen MR) is 92.5 cm³/mol. The molecule has 0 aromatic carbocycles. The number of H-pyrrole nitrogens is 1. The minimum atomic E-state index is -0.0287. The SMILES string of the molecule is CNc1cc(C)nc(NC2CC(c3cc(=O)[nH]c(C4CC4)n3)C2)n1. The van der Waals surface area contributed by atoms with Gasteiger partial charge >= 0.3 is 0 Å². The molecule has 2 fully saturated rings. The van der Waals surface area contributed by atoms with Gasteiger partial charge in [-0.05, 0) is 32.6 Å². The van der Waals surface area contributed by atoms with Crippen LogP contribution < -0.4 is 16.2 Å². The van der Waals surface area contributed by atoms with Crippen LogP contribution in [0.3, 0.4) is 0 Å². The van der Waals surface area contributed by atoms with Gasteiger partial charge in [-0.1, -0.05) is 0 Å². The fraction of sp³-hybridized carbons (Fsp3) is 0.529. The molecule has 126 valence electrons. The van der Waals surface area contributed by atoms with Gasteiger partial charge in [-0.25, -0.2) is 9.97 Å². The van der Waals surface area contributed by atoms with Crippen molar-refractivity contribution >= 4 is 11.8 Å². The lowest BCUT2D eigenvalue weighted by Crippen LogP contribution is -2.35. The molecule has 0 unspecified atom stereocenters. The van der Waals surface area contributed by atoms with E-state index in [0.29, 0.717) is 23.8 Å². The van der Waals surface area contributed by atoms with Gasteiger partial charge in [-0.3, -0.25) is 4.79 Å². The van der Waals surface area contributed by atoms with Crippen LogP contribution in [0.15, 0.2) is 16.9 Å². The van der Waals surface area contributed by atoms with Crippen LogP contribution in [0.25, 0.3) is 0 Å². The highest BCUT2D eigenvalue weighted by Gasteiger charge is 2.34. The Labute approximate surface area is 140 Å². The summed E-state index contributed by atoms with van der Waals surface area (Å²) in [5.41, 5.74) is 1.83. The lowest BCUT2D eigenvalue weighted by atomic mass is 9.78. The number of aryl methyl sites for hydroxylation is 1. The van der Waals surface area contributed by atoms with Crippen LogP contribution in [-0.4, -0.2) is 33.0 Å². The Bertz CT molecular complexity index is 807. The monoisotopic (exact) mass is 326 g/mol. The van der Waals surface area contributed by atoms with Gasteiger partial charge in [0, 0.05) is 42.8 Å². The molecule has 2 aromatic heterocycles. The van der Waals surface area contributed by atoms with E-state index in [1.807, 2.05) is 20.0 Å². The summed E-state index contributed by atoms with van der Waals surface area (Å²) in [5, 5.41) is 6.42. The maximum Gasteiger partial charge on any atom is 0.251 e. The second-order valence-corrected chi connectivity index (χ2v) is 6.81. The molecule has 0 amide bonds. The maximum atomic E-state index is 11.8. The van der Waals surface area contributed by atoms with Crippen LogP contribution in [-0.2, 0) is 0 Å². The summed E-state index contributed by atoms with van der Waals surface area (Å²) in [4.78, 5) is 28.2. The standard InChI is InChI=1S/C17H22N6O/c1-9-5-14(18-2)22-17(19-9)20-12-6-11(7-12)13-8-15(24)23-16(21-13)10-3-4-10/h5,8,10-12H,3-4,6-7H2,1-2H3,(H,21,23,24)(H2,18,19,20,22). The van der Waals surface area contributed by atoms with E-state index in [4.69, 9.17) is 0 Å². The van der Waals surface area contributed by atoms with Crippen LogP contribution in [0.5, 0.6) is 0 Å². The second-order valence-electron chi connectivity index (χ2n) is 6.81. The summed E-state index contributed by atoms with van der Waals surface area (Å²) in [6.45, 7) is 1.96. The summed E-state index contributed by atoms with van der Waals surface area (Å²) in [6.07, 6.45) is 4.18. The van der Waals surface area contributed by atoms with Crippen molar-refractivity contribution in [3.8, 4) is 0 Å². The van der Waals surface area contributed by atoms with Crippen LogP contribution in [0.1, 0.15) is 54.7 Å². The van der Waals surface area contributed by atoms with Crippen LogP contribution in [0.2, 0.25) is 0 Å². The number of hydrogen-bond donors (Lipinski definition) is 3. The van der Waals surface area contributed by atoms with Gasteiger partial charge in [0.1, 0.15) is 11.6 Å². The van der Waals surface area contributed by atoms with Gasteiger partial charge in [-0.15, -0.1) is 0 Å². The van der Waals surface area contributed by atoms with E-state index < -0.39 is 0 Å². The normalized spacial score (nSPS) is 22.8.